The van der Waals surface area contributed by atoms with Crippen molar-refractivity contribution in [3.63, 3.8) is 0 Å². The molecule has 1 aliphatic rings. The van der Waals surface area contributed by atoms with Crippen molar-refractivity contribution in [3.05, 3.63) is 17.5 Å². The molecule has 0 aliphatic carbocycles. The molecular formula is C13H18N2O4. The number of aromatic carboxylic acids is 1. The summed E-state index contributed by atoms with van der Waals surface area (Å²) in [6, 6.07) is 1.61. The molecule has 0 radical (unpaired) electrons. The Hall–Kier alpha value is -1.82. The van der Waals surface area contributed by atoms with Crippen molar-refractivity contribution in [1.29, 1.82) is 0 Å². The molecule has 6 heteroatoms. The average Bonchev–Trinajstić information content (AvgIpc) is 2.71. The third-order valence-electron chi connectivity index (χ3n) is 3.13. The highest BCUT2D eigenvalue weighted by Crippen LogP contribution is 2.19. The largest absolute Gasteiger partial charge is 0.477 e. The van der Waals surface area contributed by atoms with Crippen molar-refractivity contribution in [1.82, 2.24) is 4.98 Å². The Morgan fingerprint density at radius 3 is 2.95 bits per heavy atom. The lowest BCUT2D eigenvalue weighted by molar-refractivity contribution is -0.119. The van der Waals surface area contributed by atoms with Crippen LogP contribution in [-0.4, -0.2) is 34.7 Å². The van der Waals surface area contributed by atoms with E-state index in [-0.39, 0.29) is 24.1 Å². The Labute approximate surface area is 111 Å². The predicted molar refractivity (Wildman–Crippen MR) is 69.3 cm³/mol. The van der Waals surface area contributed by atoms with Gasteiger partial charge in [-0.2, -0.15) is 0 Å². The molecule has 2 rings (SSSR count). The van der Waals surface area contributed by atoms with Crippen LogP contribution in [0.25, 0.3) is 0 Å². The van der Waals surface area contributed by atoms with Gasteiger partial charge in [0.2, 0.25) is 5.91 Å². The van der Waals surface area contributed by atoms with Crippen molar-refractivity contribution in [2.45, 2.75) is 38.7 Å². The van der Waals surface area contributed by atoms with Crippen molar-refractivity contribution < 1.29 is 19.4 Å². The van der Waals surface area contributed by atoms with E-state index in [1.165, 1.54) is 0 Å². The molecule has 0 aromatic carbocycles. The quantitative estimate of drug-likeness (QED) is 0.776. The summed E-state index contributed by atoms with van der Waals surface area (Å²) >= 11 is 0. The van der Waals surface area contributed by atoms with Crippen LogP contribution in [0.3, 0.4) is 0 Å². The Morgan fingerprint density at radius 2 is 2.32 bits per heavy atom. The molecule has 0 bridgehead atoms. The number of aromatic nitrogens is 1. The van der Waals surface area contributed by atoms with Crippen LogP contribution in [0.5, 0.6) is 0 Å². The predicted octanol–water partition coefficient (Wildman–Crippen LogP) is 1.92. The lowest BCUT2D eigenvalue weighted by Crippen LogP contribution is -2.25. The number of H-pyrrole nitrogens is 1. The first-order valence-corrected chi connectivity index (χ1v) is 6.40. The van der Waals surface area contributed by atoms with Gasteiger partial charge in [0.05, 0.1) is 18.2 Å². The summed E-state index contributed by atoms with van der Waals surface area (Å²) in [4.78, 5) is 25.6. The standard InChI is InChI=1S/C13H18N2O4/c1-8-6-10(12(14-8)13(17)18)15-11(16)7-9-4-2-3-5-19-9/h6,9,14H,2-5,7H2,1H3,(H,15,16)(H,17,18). The fraction of sp³-hybridized carbons (Fsp3) is 0.538. The van der Waals surface area contributed by atoms with E-state index in [4.69, 9.17) is 9.84 Å². The number of ether oxygens (including phenoxy) is 1. The van der Waals surface area contributed by atoms with Gasteiger partial charge >= 0.3 is 5.97 Å². The Morgan fingerprint density at radius 1 is 1.53 bits per heavy atom. The zero-order valence-electron chi connectivity index (χ0n) is 10.9. The highest BCUT2D eigenvalue weighted by atomic mass is 16.5. The molecule has 2 heterocycles. The lowest BCUT2D eigenvalue weighted by Gasteiger charge is -2.21. The number of carbonyl (C=O) groups excluding carboxylic acids is 1. The number of nitrogens with one attached hydrogen (secondary N) is 2. The summed E-state index contributed by atoms with van der Waals surface area (Å²) in [5.41, 5.74) is 1.02. The Balaban J connectivity index is 1.96. The number of amides is 1. The van der Waals surface area contributed by atoms with Crippen molar-refractivity contribution in [2.24, 2.45) is 0 Å². The average molecular weight is 266 g/mol. The summed E-state index contributed by atoms with van der Waals surface area (Å²) in [6.45, 7) is 2.44. The second-order valence-electron chi connectivity index (χ2n) is 4.79. The number of hydrogen-bond acceptors (Lipinski definition) is 3. The molecule has 1 aliphatic heterocycles. The van der Waals surface area contributed by atoms with E-state index in [9.17, 15) is 9.59 Å². The first-order valence-electron chi connectivity index (χ1n) is 6.40. The summed E-state index contributed by atoms with van der Waals surface area (Å²) in [6.07, 6.45) is 3.20. The maximum atomic E-state index is 11.9. The lowest BCUT2D eigenvalue weighted by atomic mass is 10.1. The fourth-order valence-corrected chi connectivity index (χ4v) is 2.23. The van der Waals surface area contributed by atoms with E-state index in [0.29, 0.717) is 18.0 Å². The minimum atomic E-state index is -1.09. The number of carboxylic acids is 1. The van der Waals surface area contributed by atoms with E-state index in [1.54, 1.807) is 13.0 Å². The Bertz CT molecular complexity index is 475. The number of aryl methyl sites for hydroxylation is 1. The van der Waals surface area contributed by atoms with Crippen LogP contribution in [0.2, 0.25) is 0 Å². The number of carboxylic acid groups (broad SMARTS) is 1. The highest BCUT2D eigenvalue weighted by molar-refractivity contribution is 5.99. The summed E-state index contributed by atoms with van der Waals surface area (Å²) < 4.78 is 5.48. The SMILES string of the molecule is Cc1cc(NC(=O)CC2CCCCO2)c(C(=O)O)[nH]1. The van der Waals surface area contributed by atoms with Gasteiger partial charge in [0.25, 0.3) is 0 Å². The van der Waals surface area contributed by atoms with E-state index >= 15 is 0 Å². The fourth-order valence-electron chi connectivity index (χ4n) is 2.23. The monoisotopic (exact) mass is 266 g/mol. The van der Waals surface area contributed by atoms with Crippen LogP contribution in [0.1, 0.15) is 41.9 Å². The maximum absolute atomic E-state index is 11.9. The van der Waals surface area contributed by atoms with Crippen LogP contribution in [-0.2, 0) is 9.53 Å². The summed E-state index contributed by atoms with van der Waals surface area (Å²) in [5.74, 6) is -1.30. The van der Waals surface area contributed by atoms with Gasteiger partial charge in [-0.1, -0.05) is 0 Å². The van der Waals surface area contributed by atoms with Gasteiger partial charge in [-0.3, -0.25) is 4.79 Å². The van der Waals surface area contributed by atoms with E-state index in [1.807, 2.05) is 0 Å². The zero-order chi connectivity index (χ0) is 13.8. The van der Waals surface area contributed by atoms with E-state index in [2.05, 4.69) is 10.3 Å². The summed E-state index contributed by atoms with van der Waals surface area (Å²) in [7, 11) is 0. The number of carbonyl (C=O) groups is 2. The van der Waals surface area contributed by atoms with E-state index < -0.39 is 5.97 Å². The molecule has 1 fully saturated rings. The van der Waals surface area contributed by atoms with Gasteiger partial charge in [0.1, 0.15) is 5.69 Å². The molecule has 1 saturated heterocycles. The van der Waals surface area contributed by atoms with Crippen LogP contribution >= 0.6 is 0 Å². The van der Waals surface area contributed by atoms with Gasteiger partial charge in [-0.25, -0.2) is 4.79 Å². The molecule has 104 valence electrons. The molecule has 3 N–H and O–H groups in total. The zero-order valence-corrected chi connectivity index (χ0v) is 10.9. The number of rotatable bonds is 4. The first-order chi connectivity index (χ1) is 9.06. The molecule has 1 atom stereocenters. The van der Waals surface area contributed by atoms with Crippen LogP contribution < -0.4 is 5.32 Å². The third-order valence-corrected chi connectivity index (χ3v) is 3.13. The highest BCUT2D eigenvalue weighted by Gasteiger charge is 2.20. The minimum absolute atomic E-state index is 0.00964. The van der Waals surface area contributed by atoms with Crippen molar-refractivity contribution in [3.8, 4) is 0 Å². The van der Waals surface area contributed by atoms with Crippen molar-refractivity contribution in [2.75, 3.05) is 11.9 Å². The number of aromatic amines is 1. The second-order valence-corrected chi connectivity index (χ2v) is 4.79. The molecule has 19 heavy (non-hydrogen) atoms. The Kier molecular flexibility index (Phi) is 4.21. The molecule has 0 spiro atoms. The van der Waals surface area contributed by atoms with Crippen LogP contribution in [0.4, 0.5) is 5.69 Å². The minimum Gasteiger partial charge on any atom is -0.477 e. The van der Waals surface area contributed by atoms with Crippen molar-refractivity contribution >= 4 is 17.6 Å². The third kappa shape index (κ3) is 3.57. The molecule has 0 saturated carbocycles. The molecule has 1 aromatic heterocycles. The van der Waals surface area contributed by atoms with Gasteiger partial charge in [-0.15, -0.1) is 0 Å². The normalized spacial score (nSPS) is 19.1. The molecular weight excluding hydrogens is 248 g/mol. The second kappa shape index (κ2) is 5.88. The van der Waals surface area contributed by atoms with Crippen LogP contribution in [0, 0.1) is 6.92 Å². The van der Waals surface area contributed by atoms with Gasteiger partial charge in [-0.05, 0) is 32.3 Å². The maximum Gasteiger partial charge on any atom is 0.354 e. The van der Waals surface area contributed by atoms with Gasteiger partial charge in [0.15, 0.2) is 0 Å². The van der Waals surface area contributed by atoms with Gasteiger partial charge in [0, 0.05) is 12.3 Å². The van der Waals surface area contributed by atoms with Gasteiger partial charge < -0.3 is 20.1 Å². The smallest absolute Gasteiger partial charge is 0.354 e. The number of anilines is 1. The van der Waals surface area contributed by atoms with E-state index in [0.717, 1.165) is 19.3 Å². The molecule has 1 unspecified atom stereocenters. The molecule has 6 nitrogen and oxygen atoms in total. The summed E-state index contributed by atoms with van der Waals surface area (Å²) in [5, 5.41) is 11.6. The topological polar surface area (TPSA) is 91.4 Å². The molecule has 1 aromatic rings. The molecule has 1 amide bonds. The van der Waals surface area contributed by atoms with Crippen LogP contribution in [0.15, 0.2) is 6.07 Å². The number of hydrogen-bond donors (Lipinski definition) is 3. The first kappa shape index (κ1) is 13.6.